The van der Waals surface area contributed by atoms with E-state index in [-0.39, 0.29) is 23.7 Å². The summed E-state index contributed by atoms with van der Waals surface area (Å²) in [5, 5.41) is 5.28. The lowest BCUT2D eigenvalue weighted by atomic mass is 10.0. The monoisotopic (exact) mass is 348 g/mol. The van der Waals surface area contributed by atoms with Crippen LogP contribution in [0.1, 0.15) is 38.0 Å². The number of ether oxygens (including phenoxy) is 2. The fourth-order valence-electron chi connectivity index (χ4n) is 2.01. The van der Waals surface area contributed by atoms with Crippen LogP contribution in [0.15, 0.2) is 16.6 Å². The van der Waals surface area contributed by atoms with Gasteiger partial charge >= 0.3 is 11.9 Å². The van der Waals surface area contributed by atoms with E-state index < -0.39 is 29.2 Å². The number of carbonyl (C=O) groups is 3. The van der Waals surface area contributed by atoms with Crippen molar-refractivity contribution in [1.82, 2.24) is 0 Å². The Kier molecular flexibility index (Phi) is 5.25. The number of rotatable bonds is 5. The van der Waals surface area contributed by atoms with Crippen LogP contribution in [0.5, 0.6) is 11.5 Å². The van der Waals surface area contributed by atoms with E-state index in [1.807, 2.05) is 0 Å². The van der Waals surface area contributed by atoms with E-state index >= 15 is 0 Å². The van der Waals surface area contributed by atoms with E-state index in [1.54, 1.807) is 6.92 Å². The highest BCUT2D eigenvalue weighted by molar-refractivity contribution is 6.07. The number of fused-ring (bicyclic) bond motifs is 1. The SMILES string of the molecule is CC1COc2c(c(C=O)cc(C(=O)ON=[N+]=[N-])c2C(=O)ON=[N+]=[N-])O1. The zero-order chi connectivity index (χ0) is 18.4. The number of carbonyl (C=O) groups excluding carboxylic acids is 3. The lowest BCUT2D eigenvalue weighted by molar-refractivity contribution is 0.0442. The van der Waals surface area contributed by atoms with Gasteiger partial charge in [-0.05, 0) is 24.1 Å². The number of azide groups is 2. The van der Waals surface area contributed by atoms with E-state index in [0.717, 1.165) is 6.07 Å². The molecule has 1 aliphatic heterocycles. The molecule has 0 radical (unpaired) electrons. The molecule has 0 fully saturated rings. The number of aldehydes is 1. The van der Waals surface area contributed by atoms with Gasteiger partial charge in [0.1, 0.15) is 28.8 Å². The molecule has 1 aromatic carbocycles. The summed E-state index contributed by atoms with van der Waals surface area (Å²) in [5.74, 6) is -2.90. The molecule has 1 aromatic rings. The zero-order valence-corrected chi connectivity index (χ0v) is 12.5. The van der Waals surface area contributed by atoms with Crippen molar-refractivity contribution in [2.24, 2.45) is 10.6 Å². The molecule has 0 saturated heterocycles. The summed E-state index contributed by atoms with van der Waals surface area (Å²) >= 11 is 0. The van der Waals surface area contributed by atoms with Crippen LogP contribution in [-0.4, -0.2) is 30.9 Å². The summed E-state index contributed by atoms with van der Waals surface area (Å²) < 4.78 is 10.8. The maximum atomic E-state index is 12.1. The first-order chi connectivity index (χ1) is 12.0. The summed E-state index contributed by atoms with van der Waals surface area (Å²) in [6.07, 6.45) is -0.0687. The molecule has 1 unspecified atom stereocenters. The molecule has 25 heavy (non-hydrogen) atoms. The number of hydrogen-bond donors (Lipinski definition) is 0. The summed E-state index contributed by atoms with van der Waals surface area (Å²) in [4.78, 5) is 48.4. The minimum absolute atomic E-state index is 0.00193. The molecule has 1 heterocycles. The Bertz CT molecular complexity index is 841. The predicted octanol–water partition coefficient (Wildman–Crippen LogP) is 2.42. The standard InChI is InChI=1S/C12H8N6O7/c1-5-4-22-10-8(12(21)25-18-16-14)7(11(20)24-17-15-13)2-6(3-19)9(10)23-5/h2-3,5H,4H2,1H3. The maximum Gasteiger partial charge on any atom is 0.354 e. The molecule has 2 rings (SSSR count). The molecule has 0 aliphatic carbocycles. The third kappa shape index (κ3) is 3.52. The quantitative estimate of drug-likeness (QED) is 0.257. The van der Waals surface area contributed by atoms with Crippen molar-refractivity contribution in [2.45, 2.75) is 13.0 Å². The van der Waals surface area contributed by atoms with Crippen molar-refractivity contribution in [1.29, 1.82) is 0 Å². The second-order valence-corrected chi connectivity index (χ2v) is 4.50. The van der Waals surface area contributed by atoms with Crippen molar-refractivity contribution in [3.05, 3.63) is 43.6 Å². The van der Waals surface area contributed by atoms with Crippen LogP contribution in [0.2, 0.25) is 0 Å². The molecule has 0 bridgehead atoms. The average molecular weight is 348 g/mol. The van der Waals surface area contributed by atoms with Crippen molar-refractivity contribution in [3.8, 4) is 11.5 Å². The van der Waals surface area contributed by atoms with Crippen molar-refractivity contribution < 1.29 is 33.5 Å². The van der Waals surface area contributed by atoms with Gasteiger partial charge in [-0.2, -0.15) is 0 Å². The van der Waals surface area contributed by atoms with Crippen LogP contribution >= 0.6 is 0 Å². The van der Waals surface area contributed by atoms with E-state index in [2.05, 4.69) is 30.1 Å². The molecule has 13 nitrogen and oxygen atoms in total. The first kappa shape index (κ1) is 17.4. The van der Waals surface area contributed by atoms with Gasteiger partial charge in [0, 0.05) is 9.82 Å². The van der Waals surface area contributed by atoms with Gasteiger partial charge in [0.15, 0.2) is 17.8 Å². The Labute approximate surface area is 138 Å². The zero-order valence-electron chi connectivity index (χ0n) is 12.5. The maximum absolute atomic E-state index is 12.1. The topological polar surface area (TPSA) is 186 Å². The number of benzene rings is 1. The first-order valence-electron chi connectivity index (χ1n) is 6.50. The first-order valence-corrected chi connectivity index (χ1v) is 6.50. The molecule has 1 atom stereocenters. The lowest BCUT2D eigenvalue weighted by Gasteiger charge is -2.27. The number of nitrogens with zero attached hydrogens (tertiary/aromatic N) is 6. The summed E-state index contributed by atoms with van der Waals surface area (Å²) in [6, 6.07) is 0.967. The van der Waals surface area contributed by atoms with Crippen molar-refractivity contribution in [2.75, 3.05) is 6.61 Å². The van der Waals surface area contributed by atoms with Gasteiger partial charge in [0.25, 0.3) is 0 Å². The van der Waals surface area contributed by atoms with Crippen LogP contribution in [0.25, 0.3) is 20.9 Å². The normalized spacial score (nSPS) is 14.4. The highest BCUT2D eigenvalue weighted by Gasteiger charge is 2.33. The molecule has 128 valence electrons. The average Bonchev–Trinajstić information content (AvgIpc) is 2.62. The van der Waals surface area contributed by atoms with E-state index in [1.165, 1.54) is 0 Å². The molecule has 0 saturated carbocycles. The van der Waals surface area contributed by atoms with E-state index in [0.29, 0.717) is 6.29 Å². The van der Waals surface area contributed by atoms with Gasteiger partial charge in [-0.25, -0.2) is 9.59 Å². The fraction of sp³-hybridized carbons (Fsp3) is 0.250. The third-order valence-corrected chi connectivity index (χ3v) is 2.92. The number of hydrogen-bond acceptors (Lipinski definition) is 9. The Morgan fingerprint density at radius 1 is 1.24 bits per heavy atom. The molecule has 0 amide bonds. The lowest BCUT2D eigenvalue weighted by Crippen LogP contribution is -2.29. The largest absolute Gasteiger partial charge is 0.485 e. The molecule has 1 aliphatic rings. The minimum atomic E-state index is -1.27. The Balaban J connectivity index is 2.69. The smallest absolute Gasteiger partial charge is 0.354 e. The van der Waals surface area contributed by atoms with Gasteiger partial charge in [-0.15, -0.1) is 0 Å². The van der Waals surface area contributed by atoms with Gasteiger partial charge in [-0.1, -0.05) is 0 Å². The van der Waals surface area contributed by atoms with Gasteiger partial charge < -0.3 is 19.1 Å². The van der Waals surface area contributed by atoms with Crippen molar-refractivity contribution in [3.63, 3.8) is 0 Å². The summed E-state index contributed by atoms with van der Waals surface area (Å²) in [7, 11) is 0. The Morgan fingerprint density at radius 2 is 1.88 bits per heavy atom. The summed E-state index contributed by atoms with van der Waals surface area (Å²) in [6.45, 7) is 1.65. The summed E-state index contributed by atoms with van der Waals surface area (Å²) in [5.41, 5.74) is 15.3. The second kappa shape index (κ2) is 7.55. The van der Waals surface area contributed by atoms with Crippen LogP contribution < -0.4 is 9.47 Å². The molecule has 0 spiro atoms. The van der Waals surface area contributed by atoms with E-state index in [9.17, 15) is 14.4 Å². The van der Waals surface area contributed by atoms with Gasteiger partial charge in [-0.3, -0.25) is 4.79 Å². The van der Waals surface area contributed by atoms with Crippen molar-refractivity contribution >= 4 is 18.2 Å². The predicted molar refractivity (Wildman–Crippen MR) is 76.5 cm³/mol. The van der Waals surface area contributed by atoms with E-state index in [4.69, 9.17) is 20.5 Å². The minimum Gasteiger partial charge on any atom is -0.485 e. The Hall–Kier alpha value is -3.95. The molecule has 13 heteroatoms. The highest BCUT2D eigenvalue weighted by atomic mass is 16.7. The van der Waals surface area contributed by atoms with Crippen LogP contribution in [-0.2, 0) is 9.68 Å². The molecular weight excluding hydrogens is 340 g/mol. The van der Waals surface area contributed by atoms with Gasteiger partial charge in [0.05, 0.1) is 11.1 Å². The third-order valence-electron chi connectivity index (χ3n) is 2.92. The van der Waals surface area contributed by atoms with Crippen LogP contribution in [0.4, 0.5) is 0 Å². The fourth-order valence-corrected chi connectivity index (χ4v) is 2.01. The molecule has 0 N–H and O–H groups in total. The van der Waals surface area contributed by atoms with Crippen LogP contribution in [0.3, 0.4) is 0 Å². The second-order valence-electron chi connectivity index (χ2n) is 4.50. The van der Waals surface area contributed by atoms with Crippen LogP contribution in [0, 0.1) is 0 Å². The molecular formula is C12H8N6O7. The highest BCUT2D eigenvalue weighted by Crippen LogP contribution is 2.40. The van der Waals surface area contributed by atoms with Gasteiger partial charge in [0.2, 0.25) is 0 Å². The Morgan fingerprint density at radius 3 is 2.48 bits per heavy atom. The molecule has 0 aromatic heterocycles.